The third kappa shape index (κ3) is 9.58. The molecule has 1 aromatic carbocycles. The van der Waals surface area contributed by atoms with Crippen molar-refractivity contribution in [2.24, 2.45) is 17.8 Å². The molecule has 12 heteroatoms. The normalized spacial score (nSPS) is 23.2. The summed E-state index contributed by atoms with van der Waals surface area (Å²) in [5.74, 6) is -0.969. The summed E-state index contributed by atoms with van der Waals surface area (Å²) < 4.78 is 28.6. The molecular weight excluding hydrogens is 630 g/mol. The number of ether oxygens (including phenoxy) is 5. The molecule has 49 heavy (non-hydrogen) atoms. The highest BCUT2D eigenvalue weighted by Gasteiger charge is 2.49. The summed E-state index contributed by atoms with van der Waals surface area (Å²) in [7, 11) is 1.67. The largest absolute Gasteiger partial charge is 0.493 e. The first-order valence-corrected chi connectivity index (χ1v) is 18.0. The van der Waals surface area contributed by atoms with Crippen LogP contribution in [0.15, 0.2) is 12.1 Å². The van der Waals surface area contributed by atoms with Crippen LogP contribution in [0.4, 0.5) is 4.79 Å². The molecule has 3 amide bonds. The quantitative estimate of drug-likeness (QED) is 0.312. The summed E-state index contributed by atoms with van der Waals surface area (Å²) in [6, 6.07) is 3.97. The first-order chi connectivity index (χ1) is 23.3. The van der Waals surface area contributed by atoms with Gasteiger partial charge in [-0.05, 0) is 96.8 Å². The van der Waals surface area contributed by atoms with E-state index < -0.39 is 35.2 Å². The van der Waals surface area contributed by atoms with E-state index in [1.54, 1.807) is 32.8 Å². The molecule has 0 bridgehead atoms. The molecule has 3 atom stereocenters. The number of aliphatic hydroxyl groups is 1. The van der Waals surface area contributed by atoms with E-state index in [1.807, 2.05) is 26.0 Å². The van der Waals surface area contributed by atoms with E-state index in [0.29, 0.717) is 33.0 Å². The number of aliphatic hydroxyl groups excluding tert-OH is 1. The highest BCUT2D eigenvalue weighted by atomic mass is 16.6. The molecule has 1 unspecified atom stereocenters. The third-order valence-corrected chi connectivity index (χ3v) is 10.1. The molecule has 12 nitrogen and oxygen atoms in total. The van der Waals surface area contributed by atoms with Crippen LogP contribution < -0.4 is 14.8 Å². The van der Waals surface area contributed by atoms with Crippen molar-refractivity contribution in [3.8, 4) is 11.5 Å². The SMILES string of the molecule is COCCCOc1cc(CN(C(=O)[C@H]2CN(C(=O)OC(C)(C)C)CC(C(=O)NC(C)(C)C3CCOCC3)[C@H]2O)C2CC2)cc2c1CCCO2. The van der Waals surface area contributed by atoms with Gasteiger partial charge < -0.3 is 43.9 Å². The van der Waals surface area contributed by atoms with Crippen LogP contribution in [0.3, 0.4) is 0 Å². The Morgan fingerprint density at radius 2 is 1.71 bits per heavy atom. The molecule has 0 radical (unpaired) electrons. The average molecular weight is 688 g/mol. The summed E-state index contributed by atoms with van der Waals surface area (Å²) in [6.45, 7) is 12.5. The minimum Gasteiger partial charge on any atom is -0.493 e. The number of rotatable bonds is 12. The summed E-state index contributed by atoms with van der Waals surface area (Å²) in [5.41, 5.74) is 0.564. The number of benzene rings is 1. The zero-order valence-corrected chi connectivity index (χ0v) is 30.3. The van der Waals surface area contributed by atoms with E-state index >= 15 is 0 Å². The lowest BCUT2D eigenvalue weighted by molar-refractivity contribution is -0.150. The molecular formula is C37H57N3O9. The van der Waals surface area contributed by atoms with E-state index in [4.69, 9.17) is 23.7 Å². The fraction of sp³-hybridized carbons (Fsp3) is 0.757. The van der Waals surface area contributed by atoms with Crippen molar-refractivity contribution in [3.05, 3.63) is 23.3 Å². The lowest BCUT2D eigenvalue weighted by Crippen LogP contribution is -2.62. The van der Waals surface area contributed by atoms with E-state index in [9.17, 15) is 19.5 Å². The molecule has 4 aliphatic rings. The number of likely N-dealkylation sites (tertiary alicyclic amines) is 1. The van der Waals surface area contributed by atoms with Crippen molar-refractivity contribution in [2.75, 3.05) is 53.2 Å². The van der Waals surface area contributed by atoms with Crippen molar-refractivity contribution in [3.63, 3.8) is 0 Å². The number of methoxy groups -OCH3 is 1. The van der Waals surface area contributed by atoms with Crippen LogP contribution in [0.5, 0.6) is 11.5 Å². The van der Waals surface area contributed by atoms with Gasteiger partial charge >= 0.3 is 6.09 Å². The maximum Gasteiger partial charge on any atom is 0.410 e. The zero-order valence-electron chi connectivity index (χ0n) is 30.3. The van der Waals surface area contributed by atoms with Gasteiger partial charge in [0.1, 0.15) is 17.1 Å². The minimum atomic E-state index is -1.29. The summed E-state index contributed by atoms with van der Waals surface area (Å²) in [5, 5.41) is 15.0. The van der Waals surface area contributed by atoms with Crippen LogP contribution in [-0.4, -0.2) is 109 Å². The molecule has 2 N–H and O–H groups in total. The summed E-state index contributed by atoms with van der Waals surface area (Å²) in [4.78, 5) is 45.1. The number of piperidine rings is 1. The number of carbonyl (C=O) groups excluding carboxylic acids is 3. The lowest BCUT2D eigenvalue weighted by atomic mass is 9.80. The molecule has 5 rings (SSSR count). The van der Waals surface area contributed by atoms with Gasteiger partial charge in [-0.1, -0.05) is 0 Å². The Morgan fingerprint density at radius 1 is 1.00 bits per heavy atom. The molecule has 3 fully saturated rings. The standard InChI is InChI=1S/C37H57N3O9/c1-36(2,3)49-35(44)39-22-28(33(42)38-37(4,5)25-12-17-46-18-13-25)32(41)29(23-39)34(43)40(26-10-11-26)21-24-19-30-27(9-7-15-47-30)31(20-24)48-16-8-14-45-6/h19-20,25-26,28-29,32,41H,7-18,21-23H2,1-6H3,(H,38,42)/t28?,29-,32+/m0/s1. The Morgan fingerprint density at radius 3 is 2.39 bits per heavy atom. The van der Waals surface area contributed by atoms with Gasteiger partial charge in [0.05, 0.1) is 31.2 Å². The molecule has 274 valence electrons. The molecule has 1 aromatic rings. The summed E-state index contributed by atoms with van der Waals surface area (Å²) in [6.07, 6.45) is 3.92. The van der Waals surface area contributed by atoms with Crippen LogP contribution in [0, 0.1) is 17.8 Å². The van der Waals surface area contributed by atoms with Gasteiger partial charge in [0.25, 0.3) is 0 Å². The fourth-order valence-corrected chi connectivity index (χ4v) is 7.18. The fourth-order valence-electron chi connectivity index (χ4n) is 7.18. The Labute approximate surface area is 291 Å². The van der Waals surface area contributed by atoms with Crippen molar-refractivity contribution in [2.45, 2.75) is 109 Å². The maximum absolute atomic E-state index is 14.5. The average Bonchev–Trinajstić information content (AvgIpc) is 3.90. The van der Waals surface area contributed by atoms with Gasteiger partial charge in [0.15, 0.2) is 0 Å². The van der Waals surface area contributed by atoms with Gasteiger partial charge in [-0.15, -0.1) is 0 Å². The van der Waals surface area contributed by atoms with Gasteiger partial charge in [-0.2, -0.15) is 0 Å². The van der Waals surface area contributed by atoms with E-state index in [2.05, 4.69) is 5.32 Å². The Balaban J connectivity index is 1.38. The molecule has 2 saturated heterocycles. The number of hydrogen-bond acceptors (Lipinski definition) is 9. The first kappa shape index (κ1) is 37.2. The lowest BCUT2D eigenvalue weighted by Gasteiger charge is -2.44. The second kappa shape index (κ2) is 15.9. The van der Waals surface area contributed by atoms with Crippen LogP contribution in [0.2, 0.25) is 0 Å². The summed E-state index contributed by atoms with van der Waals surface area (Å²) >= 11 is 0. The topological polar surface area (TPSA) is 136 Å². The highest BCUT2D eigenvalue weighted by molar-refractivity contribution is 5.86. The second-order valence-corrected chi connectivity index (χ2v) is 15.6. The molecule has 3 heterocycles. The van der Waals surface area contributed by atoms with Crippen LogP contribution in [0.25, 0.3) is 0 Å². The molecule has 1 saturated carbocycles. The predicted octanol–water partition coefficient (Wildman–Crippen LogP) is 4.08. The number of fused-ring (bicyclic) bond motifs is 1. The molecule has 3 aliphatic heterocycles. The van der Waals surface area contributed by atoms with Crippen LogP contribution in [0.1, 0.15) is 84.3 Å². The number of nitrogens with zero attached hydrogens (tertiary/aromatic N) is 2. The molecule has 0 aromatic heterocycles. The third-order valence-electron chi connectivity index (χ3n) is 10.1. The number of carbonyl (C=O) groups is 3. The zero-order chi connectivity index (χ0) is 35.3. The number of nitrogens with one attached hydrogen (secondary N) is 1. The van der Waals surface area contributed by atoms with E-state index in [0.717, 1.165) is 67.6 Å². The number of amides is 3. The number of hydrogen-bond donors (Lipinski definition) is 2. The molecule has 1 aliphatic carbocycles. The van der Waals surface area contributed by atoms with Gasteiger partial charge in [0, 0.05) is 70.1 Å². The molecule has 0 spiro atoms. The first-order valence-electron chi connectivity index (χ1n) is 18.0. The minimum absolute atomic E-state index is 0.000597. The van der Waals surface area contributed by atoms with Gasteiger partial charge in [-0.25, -0.2) is 4.79 Å². The second-order valence-electron chi connectivity index (χ2n) is 15.6. The Bertz CT molecular complexity index is 1320. The van der Waals surface area contributed by atoms with Crippen molar-refractivity contribution < 1.29 is 43.2 Å². The Kier molecular flexibility index (Phi) is 12.0. The van der Waals surface area contributed by atoms with E-state index in [-0.39, 0.29) is 43.4 Å². The van der Waals surface area contributed by atoms with E-state index in [1.165, 1.54) is 4.90 Å². The van der Waals surface area contributed by atoms with Gasteiger partial charge in [-0.3, -0.25) is 9.59 Å². The van der Waals surface area contributed by atoms with Gasteiger partial charge in [0.2, 0.25) is 11.8 Å². The smallest absolute Gasteiger partial charge is 0.410 e. The van der Waals surface area contributed by atoms with Crippen molar-refractivity contribution >= 4 is 17.9 Å². The van der Waals surface area contributed by atoms with Crippen LogP contribution in [-0.2, 0) is 36.8 Å². The van der Waals surface area contributed by atoms with Crippen molar-refractivity contribution in [1.29, 1.82) is 0 Å². The maximum atomic E-state index is 14.5. The van der Waals surface area contributed by atoms with Crippen molar-refractivity contribution in [1.82, 2.24) is 15.1 Å². The highest BCUT2D eigenvalue weighted by Crippen LogP contribution is 2.38. The predicted molar refractivity (Wildman–Crippen MR) is 182 cm³/mol. The Hall–Kier alpha value is -3.09. The monoisotopic (exact) mass is 687 g/mol. The van der Waals surface area contributed by atoms with Crippen LogP contribution >= 0.6 is 0 Å².